The minimum absolute atomic E-state index is 0.0216. The average molecular weight is 454 g/mol. The van der Waals surface area contributed by atoms with Gasteiger partial charge in [0.15, 0.2) is 11.5 Å². The van der Waals surface area contributed by atoms with Gasteiger partial charge in [-0.05, 0) is 29.7 Å². The minimum Gasteiger partial charge on any atom is -0.454 e. The summed E-state index contributed by atoms with van der Waals surface area (Å²) < 4.78 is 10.7. The number of hydrogen-bond acceptors (Lipinski definition) is 7. The molecule has 0 fully saturated rings. The van der Waals surface area contributed by atoms with Crippen molar-refractivity contribution >= 4 is 45.2 Å². The van der Waals surface area contributed by atoms with Crippen LogP contribution in [0.3, 0.4) is 0 Å². The molecule has 0 spiro atoms. The van der Waals surface area contributed by atoms with E-state index in [1.807, 2.05) is 12.1 Å². The van der Waals surface area contributed by atoms with E-state index in [0.717, 1.165) is 10.3 Å². The van der Waals surface area contributed by atoms with Crippen LogP contribution in [-0.4, -0.2) is 47.5 Å². The van der Waals surface area contributed by atoms with Gasteiger partial charge in [0.1, 0.15) is 5.82 Å². The number of rotatable bonds is 4. The van der Waals surface area contributed by atoms with Crippen LogP contribution in [0.4, 0.5) is 5.82 Å². The number of nitrogens with one attached hydrogen (secondary N) is 1. The summed E-state index contributed by atoms with van der Waals surface area (Å²) in [5.41, 5.74) is 7.74. The molecule has 3 N–H and O–H groups in total. The Morgan fingerprint density at radius 2 is 1.65 bits per heavy atom. The Labute approximate surface area is 193 Å². The van der Waals surface area contributed by atoms with Crippen molar-refractivity contribution in [3.8, 4) is 11.5 Å². The Bertz CT molecular complexity index is 1500. The van der Waals surface area contributed by atoms with Crippen LogP contribution in [0.15, 0.2) is 54.6 Å². The van der Waals surface area contributed by atoms with E-state index in [2.05, 4.69) is 10.3 Å². The molecule has 2 aliphatic rings. The van der Waals surface area contributed by atoms with E-state index in [4.69, 9.17) is 15.2 Å². The number of anilines is 1. The highest BCUT2D eigenvalue weighted by Crippen LogP contribution is 2.36. The van der Waals surface area contributed by atoms with Gasteiger partial charge in [0.2, 0.25) is 6.79 Å². The molecular formula is C25H18N4O5. The number of ether oxygens (including phenoxy) is 2. The van der Waals surface area contributed by atoms with Gasteiger partial charge in [0.25, 0.3) is 17.7 Å². The molecule has 6 rings (SSSR count). The van der Waals surface area contributed by atoms with Crippen molar-refractivity contribution in [3.05, 3.63) is 71.3 Å². The smallest absolute Gasteiger partial charge is 0.261 e. The molecule has 0 radical (unpaired) electrons. The summed E-state index contributed by atoms with van der Waals surface area (Å²) in [6, 6.07) is 15.8. The van der Waals surface area contributed by atoms with Crippen LogP contribution in [-0.2, 0) is 0 Å². The molecule has 3 aromatic carbocycles. The second-order valence-electron chi connectivity index (χ2n) is 8.05. The lowest BCUT2D eigenvalue weighted by molar-refractivity contribution is 0.0607. The van der Waals surface area contributed by atoms with Gasteiger partial charge in [0.05, 0.1) is 11.1 Å². The number of amides is 3. The Balaban J connectivity index is 1.20. The quantitative estimate of drug-likeness (QED) is 0.455. The normalized spacial score (nSPS) is 14.2. The Morgan fingerprint density at radius 1 is 0.971 bits per heavy atom. The van der Waals surface area contributed by atoms with Gasteiger partial charge in [-0.3, -0.25) is 19.3 Å². The number of benzene rings is 3. The zero-order valence-corrected chi connectivity index (χ0v) is 17.8. The number of fused-ring (bicyclic) bond motifs is 2. The van der Waals surface area contributed by atoms with Crippen LogP contribution >= 0.6 is 0 Å². The molecule has 3 heterocycles. The number of nitrogens with zero attached hydrogens (tertiary/aromatic N) is 2. The number of carbonyl (C=O) groups excluding carboxylic acids is 3. The number of imide groups is 1. The lowest BCUT2D eigenvalue weighted by atomic mass is 9.94. The highest BCUT2D eigenvalue weighted by Gasteiger charge is 2.32. The topological polar surface area (TPSA) is 124 Å². The zero-order valence-electron chi connectivity index (χ0n) is 17.8. The zero-order chi connectivity index (χ0) is 23.4. The fraction of sp³-hybridized carbons (Fsp3) is 0.120. The predicted molar refractivity (Wildman–Crippen MR) is 124 cm³/mol. The monoisotopic (exact) mass is 454 g/mol. The molecule has 4 aromatic rings. The fourth-order valence-corrected chi connectivity index (χ4v) is 4.42. The predicted octanol–water partition coefficient (Wildman–Crippen LogP) is 2.72. The molecule has 3 amide bonds. The molecule has 34 heavy (non-hydrogen) atoms. The molecule has 0 saturated carbocycles. The van der Waals surface area contributed by atoms with Crippen LogP contribution in [0.2, 0.25) is 0 Å². The first-order valence-electron chi connectivity index (χ1n) is 10.7. The van der Waals surface area contributed by atoms with Crippen molar-refractivity contribution in [2.75, 3.05) is 25.6 Å². The molecule has 168 valence electrons. The van der Waals surface area contributed by atoms with Crippen molar-refractivity contribution < 1.29 is 23.9 Å². The first-order valence-corrected chi connectivity index (χ1v) is 10.7. The van der Waals surface area contributed by atoms with Crippen molar-refractivity contribution in [2.45, 2.75) is 0 Å². The summed E-state index contributed by atoms with van der Waals surface area (Å²) in [6.45, 7) is 0.211. The summed E-state index contributed by atoms with van der Waals surface area (Å²) in [7, 11) is 0. The minimum atomic E-state index is -0.455. The van der Waals surface area contributed by atoms with E-state index in [1.54, 1.807) is 42.5 Å². The molecule has 0 aliphatic carbocycles. The van der Waals surface area contributed by atoms with E-state index < -0.39 is 5.91 Å². The molecule has 9 heteroatoms. The summed E-state index contributed by atoms with van der Waals surface area (Å²) in [6.07, 6.45) is 0. The number of nitrogen functional groups attached to an aromatic ring is 1. The lowest BCUT2D eigenvalue weighted by Crippen LogP contribution is -2.44. The van der Waals surface area contributed by atoms with Gasteiger partial charge in [-0.25, -0.2) is 4.98 Å². The third-order valence-electron chi connectivity index (χ3n) is 6.06. The van der Waals surface area contributed by atoms with Gasteiger partial charge in [-0.1, -0.05) is 24.3 Å². The Kier molecular flexibility index (Phi) is 4.38. The Hall–Kier alpha value is -4.66. The standard InChI is InChI=1S/C25H18N4O5/c26-22-17(9-14-10-19-20(34-12-33-19)11-18(14)28-22)23(30)27-7-8-29-24(31)15-5-1-3-13-4-2-6-16(21(13)15)25(29)32/h1-6,9-11H,7-8,12H2,(H2,26,28)(H,27,30). The van der Waals surface area contributed by atoms with Crippen LogP contribution in [0.1, 0.15) is 31.1 Å². The van der Waals surface area contributed by atoms with Crippen molar-refractivity contribution in [3.63, 3.8) is 0 Å². The van der Waals surface area contributed by atoms with E-state index >= 15 is 0 Å². The SMILES string of the molecule is Nc1nc2cc3c(cc2cc1C(=O)NCCN1C(=O)c2cccc4cccc(c24)C1=O)OCO3. The molecule has 0 atom stereocenters. The maximum absolute atomic E-state index is 13.0. The van der Waals surface area contributed by atoms with Gasteiger partial charge in [-0.15, -0.1) is 0 Å². The van der Waals surface area contributed by atoms with Crippen LogP contribution in [0.25, 0.3) is 21.7 Å². The molecule has 9 nitrogen and oxygen atoms in total. The number of aromatic nitrogens is 1. The summed E-state index contributed by atoms with van der Waals surface area (Å²) >= 11 is 0. The first kappa shape index (κ1) is 20.0. The van der Waals surface area contributed by atoms with E-state index in [-0.39, 0.29) is 43.1 Å². The van der Waals surface area contributed by atoms with Gasteiger partial charge in [0, 0.05) is 41.1 Å². The molecule has 0 saturated heterocycles. The highest BCUT2D eigenvalue weighted by molar-refractivity contribution is 6.25. The second-order valence-corrected chi connectivity index (χ2v) is 8.05. The number of pyridine rings is 1. The average Bonchev–Trinajstić information content (AvgIpc) is 3.29. The van der Waals surface area contributed by atoms with Crippen LogP contribution in [0.5, 0.6) is 11.5 Å². The maximum Gasteiger partial charge on any atom is 0.261 e. The summed E-state index contributed by atoms with van der Waals surface area (Å²) in [5.74, 6) is -0.0100. The van der Waals surface area contributed by atoms with E-state index in [1.165, 1.54) is 0 Å². The molecular weight excluding hydrogens is 436 g/mol. The summed E-state index contributed by atoms with van der Waals surface area (Å²) in [5, 5.41) is 4.91. The van der Waals surface area contributed by atoms with E-state index in [9.17, 15) is 14.4 Å². The van der Waals surface area contributed by atoms with Gasteiger partial charge >= 0.3 is 0 Å². The second kappa shape index (κ2) is 7.45. The maximum atomic E-state index is 13.0. The Morgan fingerprint density at radius 3 is 2.35 bits per heavy atom. The molecule has 0 bridgehead atoms. The van der Waals surface area contributed by atoms with Crippen molar-refractivity contribution in [2.24, 2.45) is 0 Å². The van der Waals surface area contributed by atoms with Gasteiger partial charge < -0.3 is 20.5 Å². The first-order chi connectivity index (χ1) is 16.5. The number of nitrogens with two attached hydrogens (primary N) is 1. The molecule has 0 unspecified atom stereocenters. The largest absolute Gasteiger partial charge is 0.454 e. The lowest BCUT2D eigenvalue weighted by Gasteiger charge is -2.27. The third-order valence-corrected chi connectivity index (χ3v) is 6.06. The van der Waals surface area contributed by atoms with Gasteiger partial charge in [-0.2, -0.15) is 0 Å². The van der Waals surface area contributed by atoms with E-state index in [0.29, 0.717) is 38.9 Å². The van der Waals surface area contributed by atoms with Crippen LogP contribution < -0.4 is 20.5 Å². The van der Waals surface area contributed by atoms with Crippen molar-refractivity contribution in [1.29, 1.82) is 0 Å². The van der Waals surface area contributed by atoms with Crippen molar-refractivity contribution in [1.82, 2.24) is 15.2 Å². The molecule has 2 aliphatic heterocycles. The number of hydrogen-bond donors (Lipinski definition) is 2. The number of carbonyl (C=O) groups is 3. The van der Waals surface area contributed by atoms with Crippen LogP contribution in [0, 0.1) is 0 Å². The molecule has 1 aromatic heterocycles. The highest BCUT2D eigenvalue weighted by atomic mass is 16.7. The fourth-order valence-electron chi connectivity index (χ4n) is 4.42. The third kappa shape index (κ3) is 3.01. The summed E-state index contributed by atoms with van der Waals surface area (Å²) in [4.78, 5) is 44.3.